The van der Waals surface area contributed by atoms with Crippen LogP contribution >= 0.6 is 23.4 Å². The third kappa shape index (κ3) is 4.64. The first-order valence-electron chi connectivity index (χ1n) is 9.67. The number of nitrogens with one attached hydrogen (secondary N) is 1. The molecule has 0 spiro atoms. The topological polar surface area (TPSA) is 91.3 Å². The van der Waals surface area contributed by atoms with E-state index in [4.69, 9.17) is 11.6 Å². The van der Waals surface area contributed by atoms with Gasteiger partial charge in [-0.15, -0.1) is 0 Å². The zero-order chi connectivity index (χ0) is 24.6. The van der Waals surface area contributed by atoms with Gasteiger partial charge in [-0.25, -0.2) is 19.7 Å². The minimum absolute atomic E-state index is 0.00363. The molecule has 4 rings (SSSR count). The van der Waals surface area contributed by atoms with E-state index in [1.807, 2.05) is 6.26 Å². The molecule has 0 radical (unpaired) electrons. The Morgan fingerprint density at radius 2 is 1.97 bits per heavy atom. The van der Waals surface area contributed by atoms with Crippen LogP contribution in [0.1, 0.15) is 21.5 Å². The summed E-state index contributed by atoms with van der Waals surface area (Å²) in [5, 5.41) is 3.02. The van der Waals surface area contributed by atoms with Gasteiger partial charge in [-0.2, -0.15) is 13.2 Å². The van der Waals surface area contributed by atoms with Crippen LogP contribution in [0.3, 0.4) is 0 Å². The Hall–Kier alpha value is -3.38. The fraction of sp³-hybridized carbons (Fsp3) is 0.190. The first-order chi connectivity index (χ1) is 16.1. The second-order valence-electron chi connectivity index (χ2n) is 7.20. The molecule has 13 heteroatoms. The number of urea groups is 1. The van der Waals surface area contributed by atoms with Crippen LogP contribution in [0, 0.1) is 0 Å². The lowest BCUT2D eigenvalue weighted by atomic mass is 10.1. The number of aromatic nitrogens is 3. The van der Waals surface area contributed by atoms with Crippen molar-refractivity contribution in [3.05, 3.63) is 64.6 Å². The minimum Gasteiger partial charge on any atom is -0.321 e. The molecule has 34 heavy (non-hydrogen) atoms. The SMILES string of the molecule is CSc1ncc2c(n1)N(C)C(=O)N(c1cc(NC(=O)c3cccc(C(F)(F)F)c3)cnc1Cl)C2. The average Bonchev–Trinajstić information content (AvgIpc) is 2.82. The number of fused-ring (bicyclic) bond motifs is 1. The largest absolute Gasteiger partial charge is 0.416 e. The van der Waals surface area contributed by atoms with Crippen molar-refractivity contribution in [1.29, 1.82) is 0 Å². The molecule has 0 atom stereocenters. The number of benzene rings is 1. The first-order valence-corrected chi connectivity index (χ1v) is 11.3. The molecule has 0 bridgehead atoms. The Morgan fingerprint density at radius 3 is 2.68 bits per heavy atom. The van der Waals surface area contributed by atoms with E-state index >= 15 is 0 Å². The smallest absolute Gasteiger partial charge is 0.321 e. The summed E-state index contributed by atoms with van der Waals surface area (Å²) in [6, 6.07) is 5.03. The monoisotopic (exact) mass is 508 g/mol. The minimum atomic E-state index is -4.58. The predicted octanol–water partition coefficient (Wildman–Crippen LogP) is 5.09. The van der Waals surface area contributed by atoms with Crippen LogP contribution < -0.4 is 15.1 Å². The number of hydrogen-bond donors (Lipinski definition) is 1. The highest BCUT2D eigenvalue weighted by molar-refractivity contribution is 7.98. The highest BCUT2D eigenvalue weighted by Gasteiger charge is 2.33. The van der Waals surface area contributed by atoms with E-state index in [1.165, 1.54) is 39.9 Å². The molecule has 1 N–H and O–H groups in total. The highest BCUT2D eigenvalue weighted by Crippen LogP contribution is 2.35. The van der Waals surface area contributed by atoms with E-state index in [9.17, 15) is 22.8 Å². The molecule has 1 aliphatic rings. The number of carbonyl (C=O) groups is 2. The van der Waals surface area contributed by atoms with Crippen molar-refractivity contribution in [2.45, 2.75) is 17.9 Å². The van der Waals surface area contributed by atoms with Gasteiger partial charge < -0.3 is 5.32 Å². The zero-order valence-corrected chi connectivity index (χ0v) is 19.3. The summed E-state index contributed by atoms with van der Waals surface area (Å²) < 4.78 is 38.9. The second-order valence-corrected chi connectivity index (χ2v) is 8.33. The molecule has 3 heterocycles. The van der Waals surface area contributed by atoms with E-state index in [-0.39, 0.29) is 28.6 Å². The number of amides is 3. The number of thioether (sulfide) groups is 1. The van der Waals surface area contributed by atoms with Gasteiger partial charge >= 0.3 is 12.2 Å². The molecule has 0 fully saturated rings. The van der Waals surface area contributed by atoms with Crippen LogP contribution in [0.25, 0.3) is 0 Å². The van der Waals surface area contributed by atoms with Crippen molar-refractivity contribution in [3.63, 3.8) is 0 Å². The van der Waals surface area contributed by atoms with Gasteiger partial charge in [0.25, 0.3) is 5.91 Å². The summed E-state index contributed by atoms with van der Waals surface area (Å²) in [5.74, 6) is -0.301. The van der Waals surface area contributed by atoms with Gasteiger partial charge in [0.1, 0.15) is 5.82 Å². The molecule has 3 amide bonds. The summed E-state index contributed by atoms with van der Waals surface area (Å²) in [5.41, 5.74) is -0.0929. The van der Waals surface area contributed by atoms with E-state index in [1.54, 1.807) is 13.2 Å². The molecule has 0 unspecified atom stereocenters. The van der Waals surface area contributed by atoms with E-state index in [0.717, 1.165) is 18.2 Å². The molecular formula is C21H16ClF3N6O2S. The maximum absolute atomic E-state index is 13.0. The summed E-state index contributed by atoms with van der Waals surface area (Å²) in [6.07, 6.45) is 0.105. The number of halogens is 4. The van der Waals surface area contributed by atoms with Crippen LogP contribution in [-0.2, 0) is 12.7 Å². The normalized spacial score (nSPS) is 13.6. The highest BCUT2D eigenvalue weighted by atomic mass is 35.5. The van der Waals surface area contributed by atoms with Crippen molar-refractivity contribution < 1.29 is 22.8 Å². The molecule has 1 aromatic carbocycles. The van der Waals surface area contributed by atoms with E-state index < -0.39 is 23.7 Å². The summed E-state index contributed by atoms with van der Waals surface area (Å²) in [7, 11) is 1.56. The van der Waals surface area contributed by atoms with Gasteiger partial charge in [0.15, 0.2) is 10.3 Å². The number of alkyl halides is 3. The van der Waals surface area contributed by atoms with Crippen molar-refractivity contribution in [3.8, 4) is 0 Å². The molecule has 8 nitrogen and oxygen atoms in total. The number of rotatable bonds is 4. The van der Waals surface area contributed by atoms with Crippen LogP contribution in [0.15, 0.2) is 47.9 Å². The lowest BCUT2D eigenvalue weighted by Crippen LogP contribution is -2.46. The molecule has 0 aliphatic carbocycles. The van der Waals surface area contributed by atoms with Crippen molar-refractivity contribution in [2.24, 2.45) is 0 Å². The number of hydrogen-bond acceptors (Lipinski definition) is 6. The van der Waals surface area contributed by atoms with E-state index in [0.29, 0.717) is 16.5 Å². The van der Waals surface area contributed by atoms with Gasteiger partial charge in [-0.05, 0) is 30.5 Å². The lowest BCUT2D eigenvalue weighted by molar-refractivity contribution is -0.137. The Kier molecular flexibility index (Phi) is 6.36. The maximum atomic E-state index is 13.0. The Bertz CT molecular complexity index is 1290. The predicted molar refractivity (Wildman–Crippen MR) is 122 cm³/mol. The maximum Gasteiger partial charge on any atom is 0.416 e. The number of anilines is 3. The van der Waals surface area contributed by atoms with Crippen molar-refractivity contribution >= 4 is 52.5 Å². The quantitative estimate of drug-likeness (QED) is 0.300. The molecule has 1 aliphatic heterocycles. The third-order valence-electron chi connectivity index (χ3n) is 4.99. The lowest BCUT2D eigenvalue weighted by Gasteiger charge is -2.34. The molecule has 3 aromatic rings. The number of carbonyl (C=O) groups excluding carboxylic acids is 2. The summed E-state index contributed by atoms with van der Waals surface area (Å²) in [4.78, 5) is 40.9. The number of pyridine rings is 1. The molecule has 0 saturated carbocycles. The Balaban J connectivity index is 1.61. The fourth-order valence-corrected chi connectivity index (χ4v) is 3.86. The van der Waals surface area contributed by atoms with Gasteiger partial charge in [0, 0.05) is 24.4 Å². The zero-order valence-electron chi connectivity index (χ0n) is 17.7. The summed E-state index contributed by atoms with van der Waals surface area (Å²) >= 11 is 7.59. The van der Waals surface area contributed by atoms with E-state index in [2.05, 4.69) is 20.3 Å². The molecule has 0 saturated heterocycles. The fourth-order valence-electron chi connectivity index (χ4n) is 3.31. The van der Waals surface area contributed by atoms with Gasteiger partial charge in [-0.3, -0.25) is 14.6 Å². The van der Waals surface area contributed by atoms with Crippen molar-refractivity contribution in [2.75, 3.05) is 28.4 Å². The molecule has 2 aromatic heterocycles. The average molecular weight is 509 g/mol. The van der Waals surface area contributed by atoms with Gasteiger partial charge in [0.2, 0.25) is 0 Å². The van der Waals surface area contributed by atoms with Crippen LogP contribution in [0.2, 0.25) is 5.15 Å². The van der Waals surface area contributed by atoms with Crippen LogP contribution in [0.4, 0.5) is 35.2 Å². The number of nitrogens with zero attached hydrogens (tertiary/aromatic N) is 5. The van der Waals surface area contributed by atoms with Crippen molar-refractivity contribution in [1.82, 2.24) is 15.0 Å². The standard InChI is InChI=1S/C21H16ClF3N6O2S/c1-30-17-12(8-27-19(29-17)34-2)10-31(20(30)33)15-7-14(9-26-16(15)22)28-18(32)11-4-3-5-13(6-11)21(23,24)25/h3-9H,10H2,1-2H3,(H,28,32). The molecular weight excluding hydrogens is 493 g/mol. The third-order valence-corrected chi connectivity index (χ3v) is 5.84. The first kappa shape index (κ1) is 23.8. The van der Waals surface area contributed by atoms with Gasteiger partial charge in [-0.1, -0.05) is 29.4 Å². The Labute approximate surface area is 201 Å². The van der Waals surface area contributed by atoms with Crippen LogP contribution in [-0.4, -0.2) is 40.2 Å². The Morgan fingerprint density at radius 1 is 1.21 bits per heavy atom. The summed E-state index contributed by atoms with van der Waals surface area (Å²) in [6.45, 7) is 0.111. The second kappa shape index (κ2) is 9.11. The van der Waals surface area contributed by atoms with Crippen LogP contribution in [0.5, 0.6) is 0 Å². The van der Waals surface area contributed by atoms with Gasteiger partial charge in [0.05, 0.1) is 29.7 Å². The molecule has 176 valence electrons.